The number of aromatic nitrogens is 4. The van der Waals surface area contributed by atoms with Crippen LogP contribution in [0.25, 0.3) is 11.2 Å². The predicted molar refractivity (Wildman–Crippen MR) is 140 cm³/mol. The number of carbonyl (C=O) groups is 2. The van der Waals surface area contributed by atoms with Gasteiger partial charge in [0, 0.05) is 0 Å². The van der Waals surface area contributed by atoms with Gasteiger partial charge >= 0.3 is 11.9 Å². The number of hydrogen-bond donors (Lipinski definition) is 1. The lowest BCUT2D eigenvalue weighted by atomic mass is 9.52. The molecule has 8 bridgehead atoms. The average Bonchev–Trinajstić information content (AvgIpc) is 3.33. The zero-order valence-electron chi connectivity index (χ0n) is 22.4. The fourth-order valence-corrected chi connectivity index (χ4v) is 10.5. The number of rotatable bonds is 7. The first-order chi connectivity index (χ1) is 19.0. The number of hydrogen-bond acceptors (Lipinski definition) is 7. The van der Waals surface area contributed by atoms with E-state index in [0.29, 0.717) is 29.3 Å². The molecule has 208 valence electrons. The molecule has 8 fully saturated rings. The minimum absolute atomic E-state index is 0.0189. The lowest BCUT2D eigenvalue weighted by Crippen LogP contribution is -2.49. The lowest BCUT2D eigenvalue weighted by molar-refractivity contribution is -0.167. The van der Waals surface area contributed by atoms with Crippen molar-refractivity contribution < 1.29 is 19.1 Å². The first-order valence-electron chi connectivity index (χ1n) is 15.2. The quantitative estimate of drug-likeness (QED) is 0.536. The Hall–Kier alpha value is -2.71. The number of esters is 2. The Kier molecular flexibility index (Phi) is 5.67. The summed E-state index contributed by atoms with van der Waals surface area (Å²) < 4.78 is 13.8. The van der Waals surface area contributed by atoms with Crippen molar-refractivity contribution in [2.45, 2.75) is 70.3 Å². The number of nitrogens with one attached hydrogen (secondary N) is 1. The van der Waals surface area contributed by atoms with E-state index in [1.165, 1.54) is 19.2 Å². The first kappa shape index (κ1) is 24.1. The van der Waals surface area contributed by atoms with Gasteiger partial charge in [-0.05, 0) is 112 Å². The second-order valence-electron chi connectivity index (χ2n) is 13.9. The minimum Gasteiger partial charge on any atom is -0.463 e. The smallest absolute Gasteiger partial charge is 0.309 e. The number of H-pyrrole nitrogens is 1. The van der Waals surface area contributed by atoms with Gasteiger partial charge in [0.15, 0.2) is 11.2 Å². The van der Waals surface area contributed by atoms with Crippen LogP contribution >= 0.6 is 0 Å². The number of nitrogens with zero attached hydrogens (tertiary/aromatic N) is 3. The van der Waals surface area contributed by atoms with Gasteiger partial charge in [-0.15, -0.1) is 0 Å². The van der Waals surface area contributed by atoms with Crippen LogP contribution in [0.4, 0.5) is 0 Å². The second-order valence-corrected chi connectivity index (χ2v) is 13.9. The second kappa shape index (κ2) is 9.16. The maximum atomic E-state index is 13.5. The summed E-state index contributed by atoms with van der Waals surface area (Å²) in [5.74, 6) is 4.65. The standard InChI is InChI=1S/C30H38N4O5/c35-28-26-27(31-13-32-28)34(14-33-26)23(11-38-29(36)24-19-3-15-1-16(5-19)6-20(24)4-15)12-39-30(37)25-21-7-17-2-18(9-21)10-22(25)8-17/h13-25H,1-12H2,(H,31,32,35). The molecule has 0 aromatic carbocycles. The Morgan fingerprint density at radius 1 is 0.769 bits per heavy atom. The summed E-state index contributed by atoms with van der Waals surface area (Å²) in [6.07, 6.45) is 14.8. The van der Waals surface area contributed by atoms with Gasteiger partial charge < -0.3 is 19.0 Å². The number of imidazole rings is 1. The van der Waals surface area contributed by atoms with Gasteiger partial charge in [-0.25, -0.2) is 9.97 Å². The third-order valence-electron chi connectivity index (χ3n) is 11.6. The molecule has 9 nitrogen and oxygen atoms in total. The van der Waals surface area contributed by atoms with E-state index in [1.54, 1.807) is 10.9 Å². The van der Waals surface area contributed by atoms with Crippen LogP contribution in [0.2, 0.25) is 0 Å². The van der Waals surface area contributed by atoms with Crippen LogP contribution in [0.1, 0.15) is 70.3 Å². The summed E-state index contributed by atoms with van der Waals surface area (Å²) in [5.41, 5.74) is 0.302. The topological polar surface area (TPSA) is 116 Å². The van der Waals surface area contributed by atoms with E-state index >= 15 is 0 Å². The molecule has 0 aliphatic heterocycles. The summed E-state index contributed by atoms with van der Waals surface area (Å²) in [4.78, 5) is 50.4. The third-order valence-corrected chi connectivity index (χ3v) is 11.6. The largest absolute Gasteiger partial charge is 0.463 e. The van der Waals surface area contributed by atoms with Crippen molar-refractivity contribution in [2.75, 3.05) is 13.2 Å². The molecule has 0 atom stereocenters. The first-order valence-corrected chi connectivity index (χ1v) is 15.2. The van der Waals surface area contributed by atoms with E-state index in [2.05, 4.69) is 15.0 Å². The Bertz CT molecular complexity index is 1230. The van der Waals surface area contributed by atoms with Gasteiger partial charge in [-0.3, -0.25) is 14.4 Å². The van der Waals surface area contributed by atoms with E-state index < -0.39 is 6.04 Å². The summed E-state index contributed by atoms with van der Waals surface area (Å²) >= 11 is 0. The molecule has 2 heterocycles. The summed E-state index contributed by atoms with van der Waals surface area (Å²) in [5, 5.41) is 0. The normalized spacial score (nSPS) is 40.2. The molecule has 1 N–H and O–H groups in total. The van der Waals surface area contributed by atoms with Crippen molar-refractivity contribution in [2.24, 2.45) is 59.2 Å². The molecule has 39 heavy (non-hydrogen) atoms. The molecule has 8 saturated carbocycles. The predicted octanol–water partition coefficient (Wildman–Crippen LogP) is 3.89. The number of aromatic amines is 1. The summed E-state index contributed by atoms with van der Waals surface area (Å²) in [6.45, 7) is 0.132. The van der Waals surface area contributed by atoms with Gasteiger partial charge in [0.25, 0.3) is 5.56 Å². The molecule has 0 spiro atoms. The number of fused-ring (bicyclic) bond motifs is 1. The molecule has 2 aromatic rings. The Balaban J connectivity index is 0.998. The van der Waals surface area contributed by atoms with E-state index in [-0.39, 0.29) is 48.1 Å². The highest BCUT2D eigenvalue weighted by Gasteiger charge is 2.52. The van der Waals surface area contributed by atoms with E-state index in [0.717, 1.165) is 75.0 Å². The van der Waals surface area contributed by atoms with Crippen LogP contribution < -0.4 is 5.56 Å². The highest BCUT2D eigenvalue weighted by molar-refractivity contribution is 5.74. The molecule has 0 unspecified atom stereocenters. The van der Waals surface area contributed by atoms with Gasteiger partial charge in [0.1, 0.15) is 19.3 Å². The molecular weight excluding hydrogens is 496 g/mol. The van der Waals surface area contributed by atoms with Crippen molar-refractivity contribution >= 4 is 23.1 Å². The average molecular weight is 535 g/mol. The number of ether oxygens (including phenoxy) is 2. The van der Waals surface area contributed by atoms with Gasteiger partial charge in [0.05, 0.1) is 24.5 Å². The molecule has 9 heteroatoms. The lowest BCUT2D eigenvalue weighted by Gasteiger charge is -2.53. The highest BCUT2D eigenvalue weighted by atomic mass is 16.5. The van der Waals surface area contributed by atoms with Crippen LogP contribution in [-0.4, -0.2) is 44.7 Å². The van der Waals surface area contributed by atoms with Crippen molar-refractivity contribution in [1.82, 2.24) is 19.5 Å². The van der Waals surface area contributed by atoms with Gasteiger partial charge in [-0.1, -0.05) is 0 Å². The van der Waals surface area contributed by atoms with Crippen LogP contribution in [0.15, 0.2) is 17.4 Å². The zero-order valence-corrected chi connectivity index (χ0v) is 22.4. The fourth-order valence-electron chi connectivity index (χ4n) is 10.5. The van der Waals surface area contributed by atoms with Gasteiger partial charge in [-0.2, -0.15) is 0 Å². The minimum atomic E-state index is -0.495. The Morgan fingerprint density at radius 3 is 1.69 bits per heavy atom. The molecule has 10 rings (SSSR count). The molecule has 2 aromatic heterocycles. The van der Waals surface area contributed by atoms with Crippen LogP contribution in [0.5, 0.6) is 0 Å². The Morgan fingerprint density at radius 2 is 1.23 bits per heavy atom. The highest BCUT2D eigenvalue weighted by Crippen LogP contribution is 2.58. The van der Waals surface area contributed by atoms with Crippen molar-refractivity contribution in [1.29, 1.82) is 0 Å². The van der Waals surface area contributed by atoms with Crippen molar-refractivity contribution in [3.05, 3.63) is 23.0 Å². The maximum absolute atomic E-state index is 13.5. The number of carbonyl (C=O) groups excluding carboxylic acids is 2. The molecular formula is C30H38N4O5. The van der Waals surface area contributed by atoms with Crippen LogP contribution in [0.3, 0.4) is 0 Å². The van der Waals surface area contributed by atoms with E-state index in [9.17, 15) is 14.4 Å². The van der Waals surface area contributed by atoms with Crippen molar-refractivity contribution in [3.63, 3.8) is 0 Å². The molecule has 8 aliphatic rings. The maximum Gasteiger partial charge on any atom is 0.309 e. The van der Waals surface area contributed by atoms with Crippen LogP contribution in [-0.2, 0) is 19.1 Å². The molecule has 0 saturated heterocycles. The summed E-state index contributed by atoms with van der Waals surface area (Å²) in [7, 11) is 0. The molecule has 8 aliphatic carbocycles. The van der Waals surface area contributed by atoms with Crippen LogP contribution in [0, 0.1) is 59.2 Å². The van der Waals surface area contributed by atoms with Crippen molar-refractivity contribution in [3.8, 4) is 0 Å². The van der Waals surface area contributed by atoms with E-state index in [4.69, 9.17) is 9.47 Å². The molecule has 0 amide bonds. The fraction of sp³-hybridized carbons (Fsp3) is 0.767. The zero-order chi connectivity index (χ0) is 26.2. The third kappa shape index (κ3) is 4.05. The SMILES string of the molecule is O=C(OCC(COC(=O)C1C2CC3CC(C2)CC1C3)n1cnc2c(=O)[nH]cnc21)C1C2CC3CC(C2)CC1C3. The monoisotopic (exact) mass is 534 g/mol. The van der Waals surface area contributed by atoms with Gasteiger partial charge in [0.2, 0.25) is 0 Å². The Labute approximate surface area is 227 Å². The summed E-state index contributed by atoms with van der Waals surface area (Å²) in [6, 6.07) is -0.495. The van der Waals surface area contributed by atoms with E-state index in [1.807, 2.05) is 0 Å². The molecule has 0 radical (unpaired) electrons.